The minimum Gasteiger partial charge on any atom is -0.320 e. The van der Waals surface area contributed by atoms with Gasteiger partial charge in [0.15, 0.2) is 0 Å². The van der Waals surface area contributed by atoms with Crippen molar-refractivity contribution >= 4 is 27.5 Å². The molecule has 0 radical (unpaired) electrons. The second-order valence-electron chi connectivity index (χ2n) is 5.00. The summed E-state index contributed by atoms with van der Waals surface area (Å²) >= 11 is 9.66. The Hall–Kier alpha value is -0.830. The molecule has 0 amide bonds. The smallest absolute Gasteiger partial charge is 0.0554 e. The van der Waals surface area contributed by atoms with Crippen LogP contribution in [0.4, 0.5) is 0 Å². The zero-order valence-electron chi connectivity index (χ0n) is 11.3. The Kier molecular flexibility index (Phi) is 4.34. The fraction of sp³-hybridized carbons (Fsp3) is 0.250. The normalized spacial score (nSPS) is 12.5. The Morgan fingerprint density at radius 1 is 1.00 bits per heavy atom. The molecule has 0 saturated carbocycles. The number of aryl methyl sites for hydroxylation is 3. The fourth-order valence-corrected chi connectivity index (χ4v) is 3.11. The Morgan fingerprint density at radius 3 is 2.32 bits per heavy atom. The highest BCUT2D eigenvalue weighted by Crippen LogP contribution is 2.29. The second kappa shape index (κ2) is 5.66. The van der Waals surface area contributed by atoms with Crippen LogP contribution in [-0.2, 0) is 0 Å². The van der Waals surface area contributed by atoms with Gasteiger partial charge in [0, 0.05) is 9.50 Å². The number of hydrogen-bond acceptors (Lipinski definition) is 1. The van der Waals surface area contributed by atoms with E-state index >= 15 is 0 Å². The van der Waals surface area contributed by atoms with Gasteiger partial charge < -0.3 is 5.73 Å². The van der Waals surface area contributed by atoms with E-state index in [0.717, 1.165) is 31.7 Å². The minimum atomic E-state index is -0.132. The van der Waals surface area contributed by atoms with E-state index in [9.17, 15) is 0 Å². The molecule has 0 saturated heterocycles. The Balaban J connectivity index is 2.49. The highest BCUT2D eigenvalue weighted by molar-refractivity contribution is 9.10. The van der Waals surface area contributed by atoms with Crippen LogP contribution in [0, 0.1) is 20.8 Å². The van der Waals surface area contributed by atoms with Crippen LogP contribution >= 0.6 is 27.5 Å². The van der Waals surface area contributed by atoms with Crippen LogP contribution in [0.5, 0.6) is 0 Å². The van der Waals surface area contributed by atoms with Crippen molar-refractivity contribution in [3.05, 3.63) is 67.6 Å². The first-order valence-electron chi connectivity index (χ1n) is 6.18. The van der Waals surface area contributed by atoms with Crippen LogP contribution < -0.4 is 5.73 Å². The zero-order valence-corrected chi connectivity index (χ0v) is 13.6. The van der Waals surface area contributed by atoms with E-state index in [4.69, 9.17) is 17.3 Å². The lowest BCUT2D eigenvalue weighted by Gasteiger charge is -2.17. The van der Waals surface area contributed by atoms with Crippen LogP contribution in [0.15, 0.2) is 34.8 Å². The largest absolute Gasteiger partial charge is 0.320 e. The average molecular weight is 339 g/mol. The van der Waals surface area contributed by atoms with Gasteiger partial charge in [0.2, 0.25) is 0 Å². The van der Waals surface area contributed by atoms with E-state index in [0.29, 0.717) is 0 Å². The van der Waals surface area contributed by atoms with Crippen molar-refractivity contribution in [2.45, 2.75) is 26.8 Å². The SMILES string of the molecule is Cc1cc(Br)cc(C(N)c2cc(C)c(Cl)cc2C)c1. The monoisotopic (exact) mass is 337 g/mol. The third-order valence-corrected chi connectivity index (χ3v) is 4.17. The number of hydrogen-bond donors (Lipinski definition) is 1. The summed E-state index contributed by atoms with van der Waals surface area (Å²) in [4.78, 5) is 0. The first kappa shape index (κ1) is 14.6. The summed E-state index contributed by atoms with van der Waals surface area (Å²) in [7, 11) is 0. The van der Waals surface area contributed by atoms with Gasteiger partial charge in [-0.2, -0.15) is 0 Å². The van der Waals surface area contributed by atoms with Gasteiger partial charge in [-0.1, -0.05) is 39.7 Å². The summed E-state index contributed by atoms with van der Waals surface area (Å²) in [6.07, 6.45) is 0. The molecule has 0 aliphatic carbocycles. The van der Waals surface area contributed by atoms with E-state index < -0.39 is 0 Å². The summed E-state index contributed by atoms with van der Waals surface area (Å²) in [6.45, 7) is 6.12. The molecule has 2 rings (SSSR count). The Morgan fingerprint density at radius 2 is 1.68 bits per heavy atom. The Labute approximate surface area is 127 Å². The molecule has 2 aromatic rings. The van der Waals surface area contributed by atoms with E-state index in [1.807, 2.05) is 19.9 Å². The number of benzene rings is 2. The van der Waals surface area contributed by atoms with Crippen LogP contribution in [0.3, 0.4) is 0 Å². The molecule has 0 aliphatic rings. The maximum absolute atomic E-state index is 6.41. The van der Waals surface area contributed by atoms with Crippen molar-refractivity contribution in [3.8, 4) is 0 Å². The summed E-state index contributed by atoms with van der Waals surface area (Å²) in [5, 5.41) is 0.791. The molecule has 0 bridgehead atoms. The van der Waals surface area contributed by atoms with Crippen molar-refractivity contribution in [1.29, 1.82) is 0 Å². The maximum atomic E-state index is 6.41. The van der Waals surface area contributed by atoms with Crippen molar-refractivity contribution < 1.29 is 0 Å². The molecule has 100 valence electrons. The molecule has 2 N–H and O–H groups in total. The van der Waals surface area contributed by atoms with E-state index in [-0.39, 0.29) is 6.04 Å². The van der Waals surface area contributed by atoms with E-state index in [1.54, 1.807) is 0 Å². The number of halogens is 2. The number of rotatable bonds is 2. The van der Waals surface area contributed by atoms with Crippen LogP contribution in [0.2, 0.25) is 5.02 Å². The molecular formula is C16H17BrClN. The maximum Gasteiger partial charge on any atom is 0.0554 e. The first-order chi connectivity index (χ1) is 8.88. The highest BCUT2D eigenvalue weighted by atomic mass is 79.9. The van der Waals surface area contributed by atoms with Gasteiger partial charge in [-0.3, -0.25) is 0 Å². The molecule has 1 unspecified atom stereocenters. The van der Waals surface area contributed by atoms with Gasteiger partial charge in [-0.15, -0.1) is 0 Å². The van der Waals surface area contributed by atoms with Gasteiger partial charge >= 0.3 is 0 Å². The van der Waals surface area contributed by atoms with E-state index in [2.05, 4.69) is 47.1 Å². The van der Waals surface area contributed by atoms with Crippen LogP contribution in [-0.4, -0.2) is 0 Å². The third kappa shape index (κ3) is 3.19. The molecule has 3 heteroatoms. The molecule has 1 nitrogen and oxygen atoms in total. The first-order valence-corrected chi connectivity index (χ1v) is 7.35. The zero-order chi connectivity index (χ0) is 14.2. The Bertz CT molecular complexity index is 602. The predicted molar refractivity (Wildman–Crippen MR) is 85.8 cm³/mol. The average Bonchev–Trinajstić information content (AvgIpc) is 2.31. The van der Waals surface area contributed by atoms with Crippen LogP contribution in [0.25, 0.3) is 0 Å². The molecule has 1 atom stereocenters. The van der Waals surface area contributed by atoms with Gasteiger partial charge in [-0.25, -0.2) is 0 Å². The lowest BCUT2D eigenvalue weighted by molar-refractivity contribution is 0.857. The van der Waals surface area contributed by atoms with Crippen molar-refractivity contribution in [3.63, 3.8) is 0 Å². The quantitative estimate of drug-likeness (QED) is 0.812. The minimum absolute atomic E-state index is 0.132. The molecule has 0 fully saturated rings. The van der Waals surface area contributed by atoms with Gasteiger partial charge in [0.25, 0.3) is 0 Å². The van der Waals surface area contributed by atoms with Gasteiger partial charge in [0.05, 0.1) is 6.04 Å². The molecular weight excluding hydrogens is 322 g/mol. The fourth-order valence-electron chi connectivity index (χ4n) is 2.26. The third-order valence-electron chi connectivity index (χ3n) is 3.31. The van der Waals surface area contributed by atoms with Gasteiger partial charge in [0.1, 0.15) is 0 Å². The molecule has 0 aromatic heterocycles. The molecule has 0 aliphatic heterocycles. The highest BCUT2D eigenvalue weighted by Gasteiger charge is 2.14. The second-order valence-corrected chi connectivity index (χ2v) is 6.32. The van der Waals surface area contributed by atoms with E-state index in [1.165, 1.54) is 5.56 Å². The molecule has 0 spiro atoms. The van der Waals surface area contributed by atoms with Crippen molar-refractivity contribution in [2.75, 3.05) is 0 Å². The number of nitrogens with two attached hydrogens (primary N) is 1. The summed E-state index contributed by atoms with van der Waals surface area (Å²) in [5.74, 6) is 0. The summed E-state index contributed by atoms with van der Waals surface area (Å²) in [5.41, 5.74) is 12.0. The van der Waals surface area contributed by atoms with Crippen LogP contribution in [0.1, 0.15) is 33.9 Å². The molecule has 2 aromatic carbocycles. The topological polar surface area (TPSA) is 26.0 Å². The summed E-state index contributed by atoms with van der Waals surface area (Å²) in [6, 6.07) is 10.2. The standard InChI is InChI=1S/C16H17BrClN/c1-9-4-12(8-13(17)5-9)16(19)14-6-11(3)15(18)7-10(14)2/h4-8,16H,19H2,1-3H3. The predicted octanol–water partition coefficient (Wildman–Crippen LogP) is 5.08. The van der Waals surface area contributed by atoms with Crippen molar-refractivity contribution in [1.82, 2.24) is 0 Å². The molecule has 19 heavy (non-hydrogen) atoms. The lowest BCUT2D eigenvalue weighted by Crippen LogP contribution is -2.14. The lowest BCUT2D eigenvalue weighted by atomic mass is 9.93. The molecule has 0 heterocycles. The van der Waals surface area contributed by atoms with Gasteiger partial charge in [-0.05, 0) is 66.8 Å². The van der Waals surface area contributed by atoms with Crippen molar-refractivity contribution in [2.24, 2.45) is 5.73 Å². The summed E-state index contributed by atoms with van der Waals surface area (Å²) < 4.78 is 1.06.